The van der Waals surface area contributed by atoms with Crippen LogP contribution in [0.2, 0.25) is 0 Å². The van der Waals surface area contributed by atoms with Crippen LogP contribution in [0, 0.1) is 0 Å². The Kier molecular flexibility index (Phi) is 6.70. The lowest BCUT2D eigenvalue weighted by Crippen LogP contribution is -2.25. The van der Waals surface area contributed by atoms with Crippen molar-refractivity contribution in [3.63, 3.8) is 0 Å². The van der Waals surface area contributed by atoms with E-state index in [1.807, 2.05) is 11.8 Å². The molecule has 0 saturated carbocycles. The van der Waals surface area contributed by atoms with Gasteiger partial charge in [0.1, 0.15) is 0 Å². The molecule has 1 aliphatic heterocycles. The molecule has 112 valence electrons. The van der Waals surface area contributed by atoms with Gasteiger partial charge in [0.05, 0.1) is 0 Å². The fraction of sp³-hybridized carbons (Fsp3) is 0.625. The Morgan fingerprint density at radius 2 is 2.25 bits per heavy atom. The van der Waals surface area contributed by atoms with E-state index in [-0.39, 0.29) is 0 Å². The van der Waals surface area contributed by atoms with Crippen LogP contribution in [-0.2, 0) is 13.0 Å². The van der Waals surface area contributed by atoms with E-state index >= 15 is 0 Å². The van der Waals surface area contributed by atoms with Gasteiger partial charge in [-0.3, -0.25) is 0 Å². The van der Waals surface area contributed by atoms with Crippen molar-refractivity contribution < 1.29 is 5.11 Å². The number of fused-ring (bicyclic) bond motifs is 1. The maximum absolute atomic E-state index is 8.70. The third kappa shape index (κ3) is 4.69. The zero-order chi connectivity index (χ0) is 14.2. The van der Waals surface area contributed by atoms with Crippen LogP contribution < -0.4 is 10.2 Å². The number of hydrogen-bond donors (Lipinski definition) is 2. The van der Waals surface area contributed by atoms with Crippen LogP contribution in [0.25, 0.3) is 0 Å². The van der Waals surface area contributed by atoms with Gasteiger partial charge in [-0.1, -0.05) is 12.1 Å². The second kappa shape index (κ2) is 8.55. The van der Waals surface area contributed by atoms with Crippen molar-refractivity contribution >= 4 is 17.4 Å². The number of rotatable bonds is 8. The van der Waals surface area contributed by atoms with E-state index in [0.29, 0.717) is 6.61 Å². The number of thioether (sulfide) groups is 1. The fourth-order valence-electron chi connectivity index (χ4n) is 2.59. The summed E-state index contributed by atoms with van der Waals surface area (Å²) in [5.74, 6) is 2.18. The molecule has 2 N–H and O–H groups in total. The van der Waals surface area contributed by atoms with E-state index in [1.165, 1.54) is 36.2 Å². The molecule has 0 unspecified atom stereocenters. The molecule has 1 aliphatic rings. The predicted molar refractivity (Wildman–Crippen MR) is 88.8 cm³/mol. The molecule has 0 aliphatic carbocycles. The lowest BCUT2D eigenvalue weighted by Gasteiger charge is -2.27. The molecule has 1 aromatic carbocycles. The van der Waals surface area contributed by atoms with Gasteiger partial charge in [-0.05, 0) is 42.2 Å². The van der Waals surface area contributed by atoms with E-state index in [4.69, 9.17) is 5.11 Å². The summed E-state index contributed by atoms with van der Waals surface area (Å²) in [7, 11) is 2.18. The molecule has 0 fully saturated rings. The molecule has 2 rings (SSSR count). The Bertz CT molecular complexity index is 411. The van der Waals surface area contributed by atoms with Gasteiger partial charge in [-0.2, -0.15) is 11.8 Å². The van der Waals surface area contributed by atoms with E-state index in [2.05, 4.69) is 35.5 Å². The monoisotopic (exact) mass is 294 g/mol. The van der Waals surface area contributed by atoms with Gasteiger partial charge in [0, 0.05) is 44.7 Å². The van der Waals surface area contributed by atoms with Crippen molar-refractivity contribution in [3.8, 4) is 0 Å². The van der Waals surface area contributed by atoms with Crippen molar-refractivity contribution in [2.75, 3.05) is 43.1 Å². The van der Waals surface area contributed by atoms with Crippen molar-refractivity contribution in [1.82, 2.24) is 5.32 Å². The third-order valence-corrected chi connectivity index (χ3v) is 4.76. The van der Waals surface area contributed by atoms with Gasteiger partial charge < -0.3 is 15.3 Å². The molecule has 0 aromatic heterocycles. The molecule has 1 aromatic rings. The first-order valence-corrected chi connectivity index (χ1v) is 8.69. The normalized spacial score (nSPS) is 14.4. The molecule has 3 nitrogen and oxygen atoms in total. The van der Waals surface area contributed by atoms with Crippen LogP contribution >= 0.6 is 11.8 Å². The summed E-state index contributed by atoms with van der Waals surface area (Å²) >= 11 is 1.91. The number of anilines is 1. The minimum Gasteiger partial charge on any atom is -0.396 e. The molecule has 0 spiro atoms. The summed E-state index contributed by atoms with van der Waals surface area (Å²) in [6, 6.07) is 6.87. The van der Waals surface area contributed by atoms with Gasteiger partial charge in [0.15, 0.2) is 0 Å². The summed E-state index contributed by atoms with van der Waals surface area (Å²) in [5, 5.41) is 12.2. The number of aliphatic hydroxyl groups is 1. The Morgan fingerprint density at radius 3 is 3.10 bits per heavy atom. The highest BCUT2D eigenvalue weighted by molar-refractivity contribution is 7.99. The molecular formula is C16H26N2OS. The van der Waals surface area contributed by atoms with Gasteiger partial charge in [0.25, 0.3) is 0 Å². The van der Waals surface area contributed by atoms with Gasteiger partial charge >= 0.3 is 0 Å². The first-order valence-electron chi connectivity index (χ1n) is 7.53. The van der Waals surface area contributed by atoms with E-state index in [0.717, 1.165) is 31.0 Å². The summed E-state index contributed by atoms with van der Waals surface area (Å²) in [6.45, 7) is 3.48. The number of nitrogens with one attached hydrogen (secondary N) is 1. The van der Waals surface area contributed by atoms with Crippen molar-refractivity contribution in [2.45, 2.75) is 25.8 Å². The van der Waals surface area contributed by atoms with Gasteiger partial charge in [-0.15, -0.1) is 0 Å². The number of aryl methyl sites for hydroxylation is 1. The molecule has 0 atom stereocenters. The summed E-state index contributed by atoms with van der Waals surface area (Å²) in [5.41, 5.74) is 4.29. The van der Waals surface area contributed by atoms with E-state index < -0.39 is 0 Å². The van der Waals surface area contributed by atoms with E-state index in [1.54, 1.807) is 0 Å². The topological polar surface area (TPSA) is 35.5 Å². The zero-order valence-corrected chi connectivity index (χ0v) is 13.2. The number of nitrogens with zero attached hydrogens (tertiary/aromatic N) is 1. The molecule has 0 radical (unpaired) electrons. The minimum atomic E-state index is 0.310. The second-order valence-electron chi connectivity index (χ2n) is 5.35. The standard InChI is InChI=1S/C16H26N2OS/c1-18-8-2-4-15-12-14(5-6-16(15)18)13-17-7-11-20-10-3-9-19/h5-6,12,17,19H,2-4,7-11,13H2,1H3. The molecular weight excluding hydrogens is 268 g/mol. The average Bonchev–Trinajstić information content (AvgIpc) is 2.46. The molecule has 0 saturated heterocycles. The molecule has 0 bridgehead atoms. The quantitative estimate of drug-likeness (QED) is 0.721. The SMILES string of the molecule is CN1CCCc2cc(CNCCSCCCO)ccc21. The highest BCUT2D eigenvalue weighted by Crippen LogP contribution is 2.26. The first kappa shape index (κ1) is 15.7. The summed E-state index contributed by atoms with van der Waals surface area (Å²) < 4.78 is 0. The number of aliphatic hydroxyl groups excluding tert-OH is 1. The Morgan fingerprint density at radius 1 is 1.35 bits per heavy atom. The summed E-state index contributed by atoms with van der Waals surface area (Å²) in [4.78, 5) is 2.36. The molecule has 0 amide bonds. The van der Waals surface area contributed by atoms with Crippen LogP contribution in [0.15, 0.2) is 18.2 Å². The van der Waals surface area contributed by atoms with Crippen LogP contribution in [0.5, 0.6) is 0 Å². The van der Waals surface area contributed by atoms with Gasteiger partial charge in [0.2, 0.25) is 0 Å². The number of benzene rings is 1. The molecule has 1 heterocycles. The highest BCUT2D eigenvalue weighted by Gasteiger charge is 2.13. The predicted octanol–water partition coefficient (Wildman–Crippen LogP) is 2.27. The van der Waals surface area contributed by atoms with E-state index in [9.17, 15) is 0 Å². The number of hydrogen-bond acceptors (Lipinski definition) is 4. The molecule has 20 heavy (non-hydrogen) atoms. The maximum Gasteiger partial charge on any atom is 0.0438 e. The van der Waals surface area contributed by atoms with Crippen molar-refractivity contribution in [2.24, 2.45) is 0 Å². The zero-order valence-electron chi connectivity index (χ0n) is 12.4. The van der Waals surface area contributed by atoms with Crippen LogP contribution in [0.1, 0.15) is 24.0 Å². The fourth-order valence-corrected chi connectivity index (χ4v) is 3.42. The minimum absolute atomic E-state index is 0.310. The van der Waals surface area contributed by atoms with Gasteiger partial charge in [-0.25, -0.2) is 0 Å². The Labute approximate surface area is 126 Å². The smallest absolute Gasteiger partial charge is 0.0438 e. The van der Waals surface area contributed by atoms with Crippen molar-refractivity contribution in [3.05, 3.63) is 29.3 Å². The van der Waals surface area contributed by atoms with Crippen LogP contribution in [0.3, 0.4) is 0 Å². The van der Waals surface area contributed by atoms with Crippen molar-refractivity contribution in [1.29, 1.82) is 0 Å². The average molecular weight is 294 g/mol. The highest BCUT2D eigenvalue weighted by atomic mass is 32.2. The molecule has 4 heteroatoms. The Hall–Kier alpha value is -0.710. The lowest BCUT2D eigenvalue weighted by molar-refractivity contribution is 0.296. The van der Waals surface area contributed by atoms with Crippen LogP contribution in [-0.4, -0.2) is 43.4 Å². The Balaban J connectivity index is 1.71. The second-order valence-corrected chi connectivity index (χ2v) is 6.58. The van der Waals surface area contributed by atoms with Crippen LogP contribution in [0.4, 0.5) is 5.69 Å². The maximum atomic E-state index is 8.70. The lowest BCUT2D eigenvalue weighted by atomic mass is 9.99. The summed E-state index contributed by atoms with van der Waals surface area (Å²) in [6.07, 6.45) is 3.38. The largest absolute Gasteiger partial charge is 0.396 e. The third-order valence-electron chi connectivity index (χ3n) is 3.69. The first-order chi connectivity index (χ1) is 9.81.